The molecule has 22 heavy (non-hydrogen) atoms. The van der Waals surface area contributed by atoms with Crippen molar-refractivity contribution >= 4 is 11.7 Å². The molecule has 0 saturated carbocycles. The summed E-state index contributed by atoms with van der Waals surface area (Å²) in [5.74, 6) is 1.87. The minimum absolute atomic E-state index is 0.0361. The lowest BCUT2D eigenvalue weighted by Gasteiger charge is -2.34. The Morgan fingerprint density at radius 1 is 1.36 bits per heavy atom. The molecule has 2 aromatic rings. The molecule has 1 saturated heterocycles. The van der Waals surface area contributed by atoms with E-state index in [9.17, 15) is 4.79 Å². The Bertz CT molecular complexity index is 624. The molecule has 0 unspecified atom stereocenters. The number of hydrogen-bond acceptors (Lipinski definition) is 4. The van der Waals surface area contributed by atoms with E-state index in [2.05, 4.69) is 20.2 Å². The third-order valence-electron chi connectivity index (χ3n) is 4.00. The van der Waals surface area contributed by atoms with E-state index in [0.29, 0.717) is 6.54 Å². The normalized spacial score (nSPS) is 18.2. The fourth-order valence-electron chi connectivity index (χ4n) is 2.84. The highest BCUT2D eigenvalue weighted by Crippen LogP contribution is 2.17. The van der Waals surface area contributed by atoms with Crippen LogP contribution < -0.4 is 10.2 Å². The largest absolute Gasteiger partial charge is 0.355 e. The molecule has 3 rings (SSSR count). The van der Waals surface area contributed by atoms with E-state index in [0.717, 1.165) is 37.6 Å². The van der Waals surface area contributed by atoms with Crippen molar-refractivity contribution in [3.05, 3.63) is 42.6 Å². The number of aryl methyl sites for hydroxylation is 1. The highest BCUT2D eigenvalue weighted by Gasteiger charge is 2.22. The van der Waals surface area contributed by atoms with Crippen LogP contribution >= 0.6 is 0 Å². The number of rotatable bonds is 4. The van der Waals surface area contributed by atoms with E-state index < -0.39 is 0 Å². The highest BCUT2D eigenvalue weighted by molar-refractivity contribution is 5.76. The molecular weight excluding hydrogens is 278 g/mol. The quantitative estimate of drug-likeness (QED) is 0.926. The number of anilines is 1. The van der Waals surface area contributed by atoms with Gasteiger partial charge in [0.15, 0.2) is 0 Å². The lowest BCUT2D eigenvalue weighted by atomic mass is 10.1. The fraction of sp³-hybridized carbons (Fsp3) is 0.438. The first kappa shape index (κ1) is 14.6. The van der Waals surface area contributed by atoms with E-state index >= 15 is 0 Å². The first-order chi connectivity index (χ1) is 10.7. The van der Waals surface area contributed by atoms with Gasteiger partial charge in [-0.2, -0.15) is 0 Å². The van der Waals surface area contributed by atoms with Crippen LogP contribution in [0.5, 0.6) is 0 Å². The molecule has 1 aliphatic rings. The van der Waals surface area contributed by atoms with Crippen LogP contribution in [-0.2, 0) is 11.3 Å². The summed E-state index contributed by atoms with van der Waals surface area (Å²) in [6.07, 6.45) is 7.42. The Kier molecular flexibility index (Phi) is 4.37. The predicted molar refractivity (Wildman–Crippen MR) is 84.6 cm³/mol. The monoisotopic (exact) mass is 299 g/mol. The van der Waals surface area contributed by atoms with Crippen molar-refractivity contribution in [3.63, 3.8) is 0 Å². The zero-order chi connectivity index (χ0) is 15.4. The molecule has 0 bridgehead atoms. The van der Waals surface area contributed by atoms with Crippen LogP contribution in [0.15, 0.2) is 36.8 Å². The van der Waals surface area contributed by atoms with E-state index in [4.69, 9.17) is 0 Å². The van der Waals surface area contributed by atoms with Crippen molar-refractivity contribution in [1.29, 1.82) is 0 Å². The average Bonchev–Trinajstić information content (AvgIpc) is 2.93. The Labute approximate surface area is 130 Å². The van der Waals surface area contributed by atoms with Crippen LogP contribution in [0.3, 0.4) is 0 Å². The van der Waals surface area contributed by atoms with Gasteiger partial charge in [-0.15, -0.1) is 0 Å². The van der Waals surface area contributed by atoms with Gasteiger partial charge in [-0.3, -0.25) is 4.79 Å². The van der Waals surface area contributed by atoms with Gasteiger partial charge in [0.1, 0.15) is 18.2 Å². The van der Waals surface area contributed by atoms with Crippen LogP contribution in [0.1, 0.15) is 18.7 Å². The lowest BCUT2D eigenvalue weighted by Crippen LogP contribution is -2.48. The van der Waals surface area contributed by atoms with Gasteiger partial charge in [-0.25, -0.2) is 9.97 Å². The summed E-state index contributed by atoms with van der Waals surface area (Å²) in [6, 6.07) is 6.10. The molecule has 1 atom stereocenters. The molecule has 1 aliphatic heterocycles. The molecule has 0 spiro atoms. The fourth-order valence-corrected chi connectivity index (χ4v) is 2.84. The zero-order valence-corrected chi connectivity index (χ0v) is 12.8. The molecule has 1 N–H and O–H groups in total. The van der Waals surface area contributed by atoms with Crippen molar-refractivity contribution < 1.29 is 4.79 Å². The maximum atomic E-state index is 12.2. The lowest BCUT2D eigenvalue weighted by molar-refractivity contribution is -0.122. The zero-order valence-electron chi connectivity index (χ0n) is 12.8. The predicted octanol–water partition coefficient (Wildman–Crippen LogP) is 1.37. The van der Waals surface area contributed by atoms with Gasteiger partial charge in [0.25, 0.3) is 0 Å². The Balaban J connectivity index is 1.56. The number of pyridine rings is 1. The molecular formula is C16H21N5O. The van der Waals surface area contributed by atoms with Crippen molar-refractivity contribution in [1.82, 2.24) is 19.9 Å². The van der Waals surface area contributed by atoms with Crippen LogP contribution in [0.2, 0.25) is 0 Å². The maximum Gasteiger partial charge on any atom is 0.240 e. The van der Waals surface area contributed by atoms with Crippen molar-refractivity contribution in [2.24, 2.45) is 0 Å². The summed E-state index contributed by atoms with van der Waals surface area (Å²) < 4.78 is 1.86. The summed E-state index contributed by atoms with van der Waals surface area (Å²) in [4.78, 5) is 22.9. The summed E-state index contributed by atoms with van der Waals surface area (Å²) >= 11 is 0. The Hall–Kier alpha value is -2.37. The van der Waals surface area contributed by atoms with Gasteiger partial charge < -0.3 is 14.8 Å². The number of carbonyl (C=O) groups excluding carboxylic acids is 1. The third-order valence-corrected chi connectivity index (χ3v) is 4.00. The van der Waals surface area contributed by atoms with E-state index in [1.807, 2.05) is 35.9 Å². The molecule has 116 valence electrons. The second-order valence-electron chi connectivity index (χ2n) is 5.64. The second-order valence-corrected chi connectivity index (χ2v) is 5.64. The Morgan fingerprint density at radius 3 is 3.00 bits per heavy atom. The number of nitrogens with zero attached hydrogens (tertiary/aromatic N) is 4. The number of amides is 1. The van der Waals surface area contributed by atoms with Gasteiger partial charge in [0.2, 0.25) is 5.91 Å². The number of hydrogen-bond donors (Lipinski definition) is 1. The smallest absolute Gasteiger partial charge is 0.240 e. The van der Waals surface area contributed by atoms with Crippen LogP contribution in [-0.4, -0.2) is 39.6 Å². The molecule has 6 heteroatoms. The average molecular weight is 299 g/mol. The van der Waals surface area contributed by atoms with Gasteiger partial charge in [0, 0.05) is 37.7 Å². The highest BCUT2D eigenvalue weighted by atomic mass is 16.2. The second kappa shape index (κ2) is 6.60. The summed E-state index contributed by atoms with van der Waals surface area (Å²) in [5.41, 5.74) is 0. The third kappa shape index (κ3) is 3.44. The van der Waals surface area contributed by atoms with Crippen molar-refractivity contribution in [2.75, 3.05) is 18.0 Å². The summed E-state index contributed by atoms with van der Waals surface area (Å²) in [6.45, 7) is 4.03. The molecule has 3 heterocycles. The minimum Gasteiger partial charge on any atom is -0.355 e. The molecule has 1 fully saturated rings. The van der Waals surface area contributed by atoms with Gasteiger partial charge >= 0.3 is 0 Å². The van der Waals surface area contributed by atoms with E-state index in [-0.39, 0.29) is 11.9 Å². The molecule has 0 aromatic carbocycles. The molecule has 1 amide bonds. The van der Waals surface area contributed by atoms with Crippen molar-refractivity contribution in [2.45, 2.75) is 32.4 Å². The first-order valence-electron chi connectivity index (χ1n) is 7.65. The van der Waals surface area contributed by atoms with Crippen LogP contribution in [0, 0.1) is 6.92 Å². The van der Waals surface area contributed by atoms with Gasteiger partial charge in [0.05, 0.1) is 0 Å². The molecule has 0 radical (unpaired) electrons. The maximum absolute atomic E-state index is 12.2. The van der Waals surface area contributed by atoms with Gasteiger partial charge in [-0.1, -0.05) is 6.07 Å². The SMILES string of the molecule is Cc1nccn1CC(=O)N[C@H]1CCCN(c2ccccn2)C1. The number of aromatic nitrogens is 3. The molecule has 6 nitrogen and oxygen atoms in total. The topological polar surface area (TPSA) is 63.1 Å². The van der Waals surface area contributed by atoms with Gasteiger partial charge in [-0.05, 0) is 31.9 Å². The molecule has 2 aromatic heterocycles. The standard InChI is InChI=1S/C16H21N5O/c1-13-17-8-10-20(13)12-16(22)19-14-5-4-9-21(11-14)15-6-2-3-7-18-15/h2-3,6-8,10,14H,4-5,9,11-12H2,1H3,(H,19,22)/t14-/m0/s1. The molecule has 0 aliphatic carbocycles. The summed E-state index contributed by atoms with van der Waals surface area (Å²) in [7, 11) is 0. The Morgan fingerprint density at radius 2 is 2.27 bits per heavy atom. The van der Waals surface area contributed by atoms with Crippen molar-refractivity contribution in [3.8, 4) is 0 Å². The number of imidazole rings is 1. The first-order valence-corrected chi connectivity index (χ1v) is 7.65. The number of piperidine rings is 1. The summed E-state index contributed by atoms with van der Waals surface area (Å²) in [5, 5.41) is 3.13. The van der Waals surface area contributed by atoms with E-state index in [1.165, 1.54) is 0 Å². The minimum atomic E-state index is 0.0361. The number of carbonyl (C=O) groups is 1. The van der Waals surface area contributed by atoms with E-state index in [1.54, 1.807) is 12.4 Å². The van der Waals surface area contributed by atoms with Crippen LogP contribution in [0.25, 0.3) is 0 Å². The van der Waals surface area contributed by atoms with Crippen LogP contribution in [0.4, 0.5) is 5.82 Å². The number of nitrogens with one attached hydrogen (secondary N) is 1.